The van der Waals surface area contributed by atoms with Gasteiger partial charge >= 0.3 is 0 Å². The molecule has 5 heteroatoms. The number of ether oxygens (including phenoxy) is 3. The smallest absolute Gasteiger partial charge is 0.169 e. The first-order valence-corrected chi connectivity index (χ1v) is 5.94. The van der Waals surface area contributed by atoms with Gasteiger partial charge in [0.15, 0.2) is 11.5 Å². The molecule has 0 aliphatic carbocycles. The minimum absolute atomic E-state index is 0.597. The molecule has 0 spiro atoms. The maximum absolute atomic E-state index is 6.17. The highest BCUT2D eigenvalue weighted by Crippen LogP contribution is 2.46. The predicted octanol–water partition coefficient (Wildman–Crippen LogP) is 2.67. The van der Waals surface area contributed by atoms with Gasteiger partial charge in [-0.2, -0.15) is 0 Å². The van der Waals surface area contributed by atoms with Crippen LogP contribution in [0.2, 0.25) is 0 Å². The predicted molar refractivity (Wildman–Crippen MR) is 71.0 cm³/mol. The molecule has 0 radical (unpaired) electrons. The van der Waals surface area contributed by atoms with Crippen LogP contribution in [0.4, 0.5) is 0 Å². The molecule has 0 aliphatic rings. The van der Waals surface area contributed by atoms with Gasteiger partial charge in [0, 0.05) is 11.6 Å². The summed E-state index contributed by atoms with van der Waals surface area (Å²) in [6.07, 6.45) is 0. The lowest BCUT2D eigenvalue weighted by Crippen LogP contribution is -2.30. The summed E-state index contributed by atoms with van der Waals surface area (Å²) >= 11 is 3.44. The van der Waals surface area contributed by atoms with Gasteiger partial charge in [0.25, 0.3) is 0 Å². The van der Waals surface area contributed by atoms with Gasteiger partial charge in [0.05, 0.1) is 31.4 Å². The largest absolute Gasteiger partial charge is 0.495 e. The van der Waals surface area contributed by atoms with Crippen molar-refractivity contribution < 1.29 is 14.2 Å². The van der Waals surface area contributed by atoms with E-state index in [1.165, 1.54) is 0 Å². The first-order chi connectivity index (χ1) is 7.86. The van der Waals surface area contributed by atoms with Gasteiger partial charge in [-0.25, -0.2) is 0 Å². The standard InChI is InChI=1S/C12H18BrNO3/c1-12(2,14)9-10(16-4)7(13)6-8(15-3)11(9)17-5/h6H,14H2,1-5H3. The van der Waals surface area contributed by atoms with Crippen molar-refractivity contribution in [1.82, 2.24) is 0 Å². The Kier molecular flexibility index (Phi) is 4.27. The van der Waals surface area contributed by atoms with Crippen LogP contribution < -0.4 is 19.9 Å². The van der Waals surface area contributed by atoms with Gasteiger partial charge in [0.2, 0.25) is 0 Å². The van der Waals surface area contributed by atoms with E-state index in [0.29, 0.717) is 17.2 Å². The molecule has 0 atom stereocenters. The van der Waals surface area contributed by atoms with Crippen molar-refractivity contribution in [2.75, 3.05) is 21.3 Å². The SMILES string of the molecule is COc1cc(Br)c(OC)c(C(C)(C)N)c1OC. The Labute approximate surface area is 110 Å². The number of halogens is 1. The van der Waals surface area contributed by atoms with Crippen molar-refractivity contribution in [2.45, 2.75) is 19.4 Å². The highest BCUT2D eigenvalue weighted by molar-refractivity contribution is 9.10. The minimum Gasteiger partial charge on any atom is -0.495 e. The fourth-order valence-corrected chi connectivity index (χ4v) is 2.30. The second-order valence-electron chi connectivity index (χ2n) is 4.22. The van der Waals surface area contributed by atoms with Crippen LogP contribution in [0.5, 0.6) is 17.2 Å². The quantitative estimate of drug-likeness (QED) is 0.929. The summed E-state index contributed by atoms with van der Waals surface area (Å²) in [6, 6.07) is 1.80. The maximum Gasteiger partial charge on any atom is 0.169 e. The van der Waals surface area contributed by atoms with Crippen molar-refractivity contribution in [3.05, 3.63) is 16.1 Å². The van der Waals surface area contributed by atoms with Crippen molar-refractivity contribution in [2.24, 2.45) is 5.73 Å². The summed E-state index contributed by atoms with van der Waals surface area (Å²) < 4.78 is 16.8. The molecule has 1 aromatic carbocycles. The molecule has 0 aliphatic heterocycles. The lowest BCUT2D eigenvalue weighted by atomic mass is 9.93. The van der Waals surface area contributed by atoms with Crippen LogP contribution in [0.25, 0.3) is 0 Å². The topological polar surface area (TPSA) is 53.7 Å². The van der Waals surface area contributed by atoms with Gasteiger partial charge in [-0.1, -0.05) is 0 Å². The van der Waals surface area contributed by atoms with E-state index in [1.807, 2.05) is 13.8 Å². The van der Waals surface area contributed by atoms with E-state index in [0.717, 1.165) is 10.0 Å². The number of nitrogens with two attached hydrogens (primary N) is 1. The number of hydrogen-bond acceptors (Lipinski definition) is 4. The van der Waals surface area contributed by atoms with Gasteiger partial charge in [-0.15, -0.1) is 0 Å². The van der Waals surface area contributed by atoms with Gasteiger partial charge in [0.1, 0.15) is 5.75 Å². The summed E-state index contributed by atoms with van der Waals surface area (Å²) in [6.45, 7) is 3.78. The molecule has 17 heavy (non-hydrogen) atoms. The fourth-order valence-electron chi connectivity index (χ4n) is 1.73. The van der Waals surface area contributed by atoms with Crippen LogP contribution >= 0.6 is 15.9 Å². The average Bonchev–Trinajstić information content (AvgIpc) is 2.26. The zero-order valence-corrected chi connectivity index (χ0v) is 12.3. The van der Waals surface area contributed by atoms with Gasteiger partial charge in [-0.05, 0) is 29.8 Å². The van der Waals surface area contributed by atoms with Crippen LogP contribution in [-0.4, -0.2) is 21.3 Å². The molecule has 0 saturated carbocycles. The molecule has 0 heterocycles. The number of rotatable bonds is 4. The Morgan fingerprint density at radius 2 is 1.59 bits per heavy atom. The molecule has 0 fully saturated rings. The molecule has 96 valence electrons. The molecule has 1 rings (SSSR count). The first kappa shape index (κ1) is 14.1. The summed E-state index contributed by atoms with van der Waals surface area (Å²) in [5, 5.41) is 0. The highest BCUT2D eigenvalue weighted by Gasteiger charge is 2.29. The van der Waals surface area contributed by atoms with Crippen LogP contribution in [0.3, 0.4) is 0 Å². The summed E-state index contributed by atoms with van der Waals surface area (Å²) in [4.78, 5) is 0. The van der Waals surface area contributed by atoms with Crippen LogP contribution in [-0.2, 0) is 5.54 Å². The van der Waals surface area contributed by atoms with Crippen LogP contribution in [0.1, 0.15) is 19.4 Å². The Morgan fingerprint density at radius 3 is 1.94 bits per heavy atom. The molecule has 0 aromatic heterocycles. The third-order valence-electron chi connectivity index (χ3n) is 2.43. The average molecular weight is 304 g/mol. The number of hydrogen-bond donors (Lipinski definition) is 1. The van der Waals surface area contributed by atoms with E-state index < -0.39 is 5.54 Å². The lowest BCUT2D eigenvalue weighted by Gasteiger charge is -2.26. The Morgan fingerprint density at radius 1 is 1.06 bits per heavy atom. The summed E-state index contributed by atoms with van der Waals surface area (Å²) in [7, 11) is 4.77. The van der Waals surface area contributed by atoms with E-state index in [4.69, 9.17) is 19.9 Å². The zero-order valence-electron chi connectivity index (χ0n) is 10.8. The van der Waals surface area contributed by atoms with E-state index in [9.17, 15) is 0 Å². The molecular formula is C12H18BrNO3. The number of methoxy groups -OCH3 is 3. The summed E-state index contributed by atoms with van der Waals surface area (Å²) in [5.74, 6) is 1.88. The Balaban J connectivity index is 3.65. The van der Waals surface area contributed by atoms with E-state index in [2.05, 4.69) is 15.9 Å². The lowest BCUT2D eigenvalue weighted by molar-refractivity contribution is 0.330. The van der Waals surface area contributed by atoms with Gasteiger partial charge < -0.3 is 19.9 Å². The third kappa shape index (κ3) is 2.66. The number of benzene rings is 1. The summed E-state index contributed by atoms with van der Waals surface area (Å²) in [5.41, 5.74) is 6.33. The fraction of sp³-hybridized carbons (Fsp3) is 0.500. The molecule has 1 aromatic rings. The monoisotopic (exact) mass is 303 g/mol. The molecule has 2 N–H and O–H groups in total. The molecule has 4 nitrogen and oxygen atoms in total. The van der Waals surface area contributed by atoms with E-state index in [-0.39, 0.29) is 0 Å². The third-order valence-corrected chi connectivity index (χ3v) is 3.01. The molecule has 0 amide bonds. The molecule has 0 unspecified atom stereocenters. The van der Waals surface area contributed by atoms with E-state index >= 15 is 0 Å². The highest BCUT2D eigenvalue weighted by atomic mass is 79.9. The first-order valence-electron chi connectivity index (χ1n) is 5.14. The van der Waals surface area contributed by atoms with E-state index in [1.54, 1.807) is 27.4 Å². The van der Waals surface area contributed by atoms with Gasteiger partial charge in [-0.3, -0.25) is 0 Å². The van der Waals surface area contributed by atoms with Crippen molar-refractivity contribution >= 4 is 15.9 Å². The molecule has 0 bridgehead atoms. The van der Waals surface area contributed by atoms with Crippen LogP contribution in [0, 0.1) is 0 Å². The van der Waals surface area contributed by atoms with Crippen molar-refractivity contribution in [1.29, 1.82) is 0 Å². The molecular weight excluding hydrogens is 286 g/mol. The normalized spacial score (nSPS) is 11.2. The van der Waals surface area contributed by atoms with Crippen molar-refractivity contribution in [3.63, 3.8) is 0 Å². The molecule has 0 saturated heterocycles. The van der Waals surface area contributed by atoms with Crippen LogP contribution in [0.15, 0.2) is 10.5 Å². The second kappa shape index (κ2) is 5.14. The minimum atomic E-state index is -0.603. The Hall–Kier alpha value is -0.940. The maximum atomic E-state index is 6.17. The zero-order chi connectivity index (χ0) is 13.2. The van der Waals surface area contributed by atoms with Crippen molar-refractivity contribution in [3.8, 4) is 17.2 Å². The second-order valence-corrected chi connectivity index (χ2v) is 5.08. The Bertz CT molecular complexity index is 413.